The average Bonchev–Trinajstić information content (AvgIpc) is 2.66. The average molecular weight is 366 g/mol. The minimum Gasteiger partial charge on any atom is -0.493 e. The molecule has 1 aliphatic heterocycles. The van der Waals surface area contributed by atoms with Crippen LogP contribution in [0.1, 0.15) is 25.3 Å². The highest BCUT2D eigenvalue weighted by molar-refractivity contribution is 5.69. The molecule has 0 aliphatic carbocycles. The highest BCUT2D eigenvalue weighted by Crippen LogP contribution is 2.40. The van der Waals surface area contributed by atoms with Crippen LogP contribution in [0.2, 0.25) is 0 Å². The molecule has 0 aromatic heterocycles. The number of benzene rings is 1. The Morgan fingerprint density at radius 1 is 1.15 bits per heavy atom. The van der Waals surface area contributed by atoms with Gasteiger partial charge >= 0.3 is 5.97 Å². The first kappa shape index (κ1) is 20.3. The quantitative estimate of drug-likeness (QED) is 0.500. The van der Waals surface area contributed by atoms with Crippen LogP contribution in [0.5, 0.6) is 17.2 Å². The van der Waals surface area contributed by atoms with E-state index < -0.39 is 0 Å². The van der Waals surface area contributed by atoms with E-state index in [9.17, 15) is 4.79 Å². The van der Waals surface area contributed by atoms with Crippen LogP contribution < -0.4 is 19.5 Å². The number of rotatable bonds is 10. The Morgan fingerprint density at radius 3 is 2.58 bits per heavy atom. The van der Waals surface area contributed by atoms with E-state index in [2.05, 4.69) is 10.2 Å². The number of ether oxygens (including phenoxy) is 4. The van der Waals surface area contributed by atoms with Gasteiger partial charge in [0.1, 0.15) is 0 Å². The Hall–Kier alpha value is -1.99. The van der Waals surface area contributed by atoms with Gasteiger partial charge in [0.2, 0.25) is 5.75 Å². The molecule has 1 fully saturated rings. The van der Waals surface area contributed by atoms with E-state index in [1.165, 1.54) is 0 Å². The van der Waals surface area contributed by atoms with Crippen molar-refractivity contribution >= 4 is 5.97 Å². The molecule has 7 heteroatoms. The summed E-state index contributed by atoms with van der Waals surface area (Å²) in [4.78, 5) is 13.9. The van der Waals surface area contributed by atoms with E-state index in [1.54, 1.807) is 21.1 Å². The second kappa shape index (κ2) is 10.9. The van der Waals surface area contributed by atoms with Crippen molar-refractivity contribution in [2.75, 3.05) is 53.6 Å². The molecule has 0 atom stereocenters. The molecule has 1 heterocycles. The second-order valence-electron chi connectivity index (χ2n) is 6.07. The lowest BCUT2D eigenvalue weighted by Crippen LogP contribution is -2.42. The fraction of sp³-hybridized carbons (Fsp3) is 0.632. The summed E-state index contributed by atoms with van der Waals surface area (Å²) < 4.78 is 21.9. The molecule has 0 saturated carbocycles. The van der Waals surface area contributed by atoms with E-state index in [0.29, 0.717) is 43.3 Å². The third-order valence-corrected chi connectivity index (χ3v) is 4.26. The van der Waals surface area contributed by atoms with Gasteiger partial charge in [-0.1, -0.05) is 6.07 Å². The molecule has 0 amide bonds. The lowest BCUT2D eigenvalue weighted by molar-refractivity contribution is -0.143. The van der Waals surface area contributed by atoms with Crippen molar-refractivity contribution in [1.29, 1.82) is 0 Å². The Bertz CT molecular complexity index is 573. The van der Waals surface area contributed by atoms with Crippen LogP contribution >= 0.6 is 0 Å². The summed E-state index contributed by atoms with van der Waals surface area (Å²) in [6.07, 6.45) is 0.930. The first-order valence-electron chi connectivity index (χ1n) is 9.15. The van der Waals surface area contributed by atoms with E-state index in [-0.39, 0.29) is 5.97 Å². The fourth-order valence-electron chi connectivity index (χ4n) is 2.96. The smallest absolute Gasteiger partial charge is 0.305 e. The maximum Gasteiger partial charge on any atom is 0.305 e. The van der Waals surface area contributed by atoms with E-state index in [4.69, 9.17) is 18.9 Å². The lowest BCUT2D eigenvalue weighted by atomic mass is 10.1. The summed E-state index contributed by atoms with van der Waals surface area (Å²) in [5.74, 6) is 1.72. The van der Waals surface area contributed by atoms with Crippen molar-refractivity contribution in [3.8, 4) is 17.2 Å². The number of carbonyl (C=O) groups is 1. The van der Waals surface area contributed by atoms with Crippen LogP contribution in [0.4, 0.5) is 0 Å². The zero-order valence-electron chi connectivity index (χ0n) is 16.0. The highest BCUT2D eigenvalue weighted by Gasteiger charge is 2.19. The Morgan fingerprint density at radius 2 is 1.92 bits per heavy atom. The van der Waals surface area contributed by atoms with Crippen LogP contribution in [0.25, 0.3) is 0 Å². The lowest BCUT2D eigenvalue weighted by Gasteiger charge is -2.28. The molecule has 7 nitrogen and oxygen atoms in total. The Balaban J connectivity index is 2.07. The summed E-state index contributed by atoms with van der Waals surface area (Å²) in [7, 11) is 3.22. The SMILES string of the molecule is CCOC(=O)CCCOc1c(CN2CCNCC2)ccc(OC)c1OC. The summed E-state index contributed by atoms with van der Waals surface area (Å²) in [6, 6.07) is 3.92. The largest absolute Gasteiger partial charge is 0.493 e. The van der Waals surface area contributed by atoms with Gasteiger partial charge in [0.25, 0.3) is 0 Å². The summed E-state index contributed by atoms with van der Waals surface area (Å²) in [5.41, 5.74) is 1.06. The molecule has 146 valence electrons. The van der Waals surface area contributed by atoms with E-state index >= 15 is 0 Å². The predicted octanol–water partition coefficient (Wildman–Crippen LogP) is 1.83. The normalized spacial score (nSPS) is 14.7. The van der Waals surface area contributed by atoms with Gasteiger partial charge in [0.05, 0.1) is 27.4 Å². The molecule has 1 saturated heterocycles. The standard InChI is InChI=1S/C19H30N2O5/c1-4-25-17(22)6-5-13-26-18-15(14-21-11-9-20-10-12-21)7-8-16(23-2)19(18)24-3/h7-8,20H,4-6,9-14H2,1-3H3. The molecule has 1 aromatic rings. The maximum absolute atomic E-state index is 11.5. The van der Waals surface area contributed by atoms with Gasteiger partial charge in [-0.15, -0.1) is 0 Å². The molecule has 0 bridgehead atoms. The predicted molar refractivity (Wildman–Crippen MR) is 99.1 cm³/mol. The molecular weight excluding hydrogens is 336 g/mol. The zero-order chi connectivity index (χ0) is 18.8. The second-order valence-corrected chi connectivity index (χ2v) is 6.07. The fourth-order valence-corrected chi connectivity index (χ4v) is 2.96. The van der Waals surface area contributed by atoms with E-state index in [1.807, 2.05) is 12.1 Å². The molecule has 2 rings (SSSR count). The summed E-state index contributed by atoms with van der Waals surface area (Å²) in [6.45, 7) is 7.38. The van der Waals surface area contributed by atoms with Crippen molar-refractivity contribution in [3.63, 3.8) is 0 Å². The molecule has 0 unspecified atom stereocenters. The van der Waals surface area contributed by atoms with Crippen molar-refractivity contribution < 1.29 is 23.7 Å². The van der Waals surface area contributed by atoms with Crippen molar-refractivity contribution in [2.45, 2.75) is 26.3 Å². The summed E-state index contributed by atoms with van der Waals surface area (Å²) >= 11 is 0. The van der Waals surface area contributed by atoms with Crippen LogP contribution in [0.3, 0.4) is 0 Å². The van der Waals surface area contributed by atoms with Gasteiger partial charge in [-0.25, -0.2) is 0 Å². The Kier molecular flexibility index (Phi) is 8.50. The number of carbonyl (C=O) groups excluding carboxylic acids is 1. The van der Waals surface area contributed by atoms with Gasteiger partial charge in [-0.3, -0.25) is 9.69 Å². The van der Waals surface area contributed by atoms with Crippen LogP contribution in [-0.2, 0) is 16.1 Å². The third kappa shape index (κ3) is 5.78. The number of piperazine rings is 1. The molecular formula is C19H30N2O5. The molecule has 1 aromatic carbocycles. The first-order valence-corrected chi connectivity index (χ1v) is 9.15. The minimum atomic E-state index is -0.199. The third-order valence-electron chi connectivity index (χ3n) is 4.26. The van der Waals surface area contributed by atoms with Gasteiger partial charge in [-0.2, -0.15) is 0 Å². The molecule has 0 radical (unpaired) electrons. The van der Waals surface area contributed by atoms with Crippen molar-refractivity contribution in [1.82, 2.24) is 10.2 Å². The zero-order valence-corrected chi connectivity index (χ0v) is 16.0. The van der Waals surface area contributed by atoms with Gasteiger partial charge in [0, 0.05) is 44.7 Å². The highest BCUT2D eigenvalue weighted by atomic mass is 16.5. The number of hydrogen-bond donors (Lipinski definition) is 1. The van der Waals surface area contributed by atoms with Gasteiger partial charge in [-0.05, 0) is 19.4 Å². The number of nitrogens with zero attached hydrogens (tertiary/aromatic N) is 1. The Labute approximate surface area is 155 Å². The summed E-state index contributed by atoms with van der Waals surface area (Å²) in [5, 5.41) is 3.36. The topological polar surface area (TPSA) is 69.3 Å². The van der Waals surface area contributed by atoms with Gasteiger partial charge in [0.15, 0.2) is 11.5 Å². The van der Waals surface area contributed by atoms with Crippen molar-refractivity contribution in [2.24, 2.45) is 0 Å². The monoisotopic (exact) mass is 366 g/mol. The number of nitrogens with one attached hydrogen (secondary N) is 1. The molecule has 26 heavy (non-hydrogen) atoms. The number of methoxy groups -OCH3 is 2. The van der Waals surface area contributed by atoms with Crippen molar-refractivity contribution in [3.05, 3.63) is 17.7 Å². The number of hydrogen-bond acceptors (Lipinski definition) is 7. The minimum absolute atomic E-state index is 0.199. The van der Waals surface area contributed by atoms with Crippen LogP contribution in [0.15, 0.2) is 12.1 Å². The number of esters is 1. The molecule has 1 N–H and O–H groups in total. The molecule has 0 spiro atoms. The first-order chi connectivity index (χ1) is 12.7. The van der Waals surface area contributed by atoms with E-state index in [0.717, 1.165) is 38.3 Å². The van der Waals surface area contributed by atoms with Crippen LogP contribution in [-0.4, -0.2) is 64.5 Å². The molecule has 1 aliphatic rings. The van der Waals surface area contributed by atoms with Crippen LogP contribution in [0, 0.1) is 0 Å². The maximum atomic E-state index is 11.5. The van der Waals surface area contributed by atoms with Gasteiger partial charge < -0.3 is 24.3 Å².